The molecule has 2 unspecified atom stereocenters. The summed E-state index contributed by atoms with van der Waals surface area (Å²) < 4.78 is 22.7. The zero-order chi connectivity index (χ0) is 33.9. The fourth-order valence-electron chi connectivity index (χ4n) is 6.28. The quantitative estimate of drug-likeness (QED) is 0.145. The van der Waals surface area contributed by atoms with Crippen LogP contribution in [0.5, 0.6) is 11.5 Å². The highest BCUT2D eigenvalue weighted by molar-refractivity contribution is 5.99. The third kappa shape index (κ3) is 5.95. The van der Waals surface area contributed by atoms with Crippen LogP contribution in [0.3, 0.4) is 0 Å². The monoisotopic (exact) mass is 650 g/mol. The molecule has 0 radical (unpaired) electrons. The standard InChI is InChI=1S/C36H34N4O8/c1-19-27(33(41)45-3)31(39-35(43)37-19)29-23-11-7-5-9-21(23)13-15-25(29)47-17-18-48-26-16-14-22-10-6-8-12-24(22)30(26)32-28(34(42)46-4)20(2)38-36(44)40-32/h5-16,31-32H,17-18H2,1-4H3,(H2,37,39,43)(H2,38,40,44). The minimum absolute atomic E-state index is 0.0735. The van der Waals surface area contributed by atoms with Gasteiger partial charge in [-0.3, -0.25) is 0 Å². The molecule has 6 rings (SSSR count). The fourth-order valence-corrected chi connectivity index (χ4v) is 6.28. The highest BCUT2D eigenvalue weighted by Crippen LogP contribution is 2.40. The van der Waals surface area contributed by atoms with Crippen LogP contribution in [0.25, 0.3) is 21.5 Å². The highest BCUT2D eigenvalue weighted by atomic mass is 16.5. The molecule has 4 aromatic carbocycles. The van der Waals surface area contributed by atoms with E-state index in [0.717, 1.165) is 21.5 Å². The molecule has 2 aliphatic heterocycles. The van der Waals surface area contributed by atoms with Crippen LogP contribution in [0.4, 0.5) is 9.59 Å². The highest BCUT2D eigenvalue weighted by Gasteiger charge is 2.36. The molecule has 0 saturated carbocycles. The predicted octanol–water partition coefficient (Wildman–Crippen LogP) is 5.05. The average molecular weight is 651 g/mol. The van der Waals surface area contributed by atoms with Crippen LogP contribution in [0.2, 0.25) is 0 Å². The minimum Gasteiger partial charge on any atom is -0.490 e. The molecule has 2 heterocycles. The Bertz CT molecular complexity index is 1890. The van der Waals surface area contributed by atoms with Crippen molar-refractivity contribution in [3.8, 4) is 11.5 Å². The summed E-state index contributed by atoms with van der Waals surface area (Å²) in [5.74, 6) is -0.294. The van der Waals surface area contributed by atoms with Crippen molar-refractivity contribution in [2.45, 2.75) is 25.9 Å². The zero-order valence-electron chi connectivity index (χ0n) is 26.8. The molecule has 0 saturated heterocycles. The molecular weight excluding hydrogens is 616 g/mol. The molecule has 12 heteroatoms. The summed E-state index contributed by atoms with van der Waals surface area (Å²) >= 11 is 0. The third-order valence-electron chi connectivity index (χ3n) is 8.39. The summed E-state index contributed by atoms with van der Waals surface area (Å²) in [6, 6.07) is 20.0. The zero-order valence-corrected chi connectivity index (χ0v) is 26.8. The van der Waals surface area contributed by atoms with Gasteiger partial charge in [0, 0.05) is 22.5 Å². The molecule has 246 valence electrons. The van der Waals surface area contributed by atoms with Crippen molar-refractivity contribution >= 4 is 45.5 Å². The van der Waals surface area contributed by atoms with Crippen LogP contribution in [-0.2, 0) is 19.1 Å². The predicted molar refractivity (Wildman–Crippen MR) is 177 cm³/mol. The first-order valence-electron chi connectivity index (χ1n) is 15.2. The second-order valence-electron chi connectivity index (χ2n) is 11.2. The Labute approximate surface area is 276 Å². The molecule has 0 spiro atoms. The van der Waals surface area contributed by atoms with E-state index in [1.165, 1.54) is 14.2 Å². The lowest BCUT2D eigenvalue weighted by Gasteiger charge is -2.30. The lowest BCUT2D eigenvalue weighted by Crippen LogP contribution is -2.45. The van der Waals surface area contributed by atoms with Gasteiger partial charge in [-0.05, 0) is 47.5 Å². The third-order valence-corrected chi connectivity index (χ3v) is 8.39. The molecule has 4 amide bonds. The summed E-state index contributed by atoms with van der Waals surface area (Å²) in [5, 5.41) is 14.4. The van der Waals surface area contributed by atoms with Crippen molar-refractivity contribution in [2.75, 3.05) is 27.4 Å². The SMILES string of the molecule is COC(=O)C1=C(C)NC(=O)NC1c1c(OCCOc2ccc3ccccc3c2C2NC(=O)NC(C)=C2C(=O)OC)ccc2ccccc12. The number of nitrogens with one attached hydrogen (secondary N) is 4. The van der Waals surface area contributed by atoms with Crippen molar-refractivity contribution < 1.29 is 38.1 Å². The van der Waals surface area contributed by atoms with Crippen molar-refractivity contribution in [1.82, 2.24) is 21.3 Å². The normalized spacial score (nSPS) is 17.7. The topological polar surface area (TPSA) is 153 Å². The molecule has 0 aromatic heterocycles. The summed E-state index contributed by atoms with van der Waals surface area (Å²) in [5.41, 5.74) is 2.45. The fraction of sp³-hybridized carbons (Fsp3) is 0.222. The van der Waals surface area contributed by atoms with Gasteiger partial charge in [-0.2, -0.15) is 0 Å². The van der Waals surface area contributed by atoms with Gasteiger partial charge in [0.05, 0.1) is 37.4 Å². The second kappa shape index (κ2) is 13.4. The first-order chi connectivity index (χ1) is 23.2. The summed E-state index contributed by atoms with van der Waals surface area (Å²) in [7, 11) is 2.57. The molecule has 48 heavy (non-hydrogen) atoms. The Morgan fingerprint density at radius 1 is 0.604 bits per heavy atom. The maximum Gasteiger partial charge on any atom is 0.337 e. The first kappa shape index (κ1) is 31.9. The number of allylic oxidation sites excluding steroid dienone is 2. The van der Waals surface area contributed by atoms with Crippen molar-refractivity contribution in [3.05, 3.63) is 106 Å². The van der Waals surface area contributed by atoms with Gasteiger partial charge in [0.1, 0.15) is 24.7 Å². The van der Waals surface area contributed by atoms with Crippen LogP contribution >= 0.6 is 0 Å². The Morgan fingerprint density at radius 2 is 1.00 bits per heavy atom. The number of esters is 2. The van der Waals surface area contributed by atoms with Gasteiger partial charge in [-0.25, -0.2) is 19.2 Å². The van der Waals surface area contributed by atoms with Crippen LogP contribution in [0.1, 0.15) is 37.1 Å². The number of ether oxygens (including phenoxy) is 4. The van der Waals surface area contributed by atoms with E-state index < -0.39 is 36.1 Å². The number of carbonyl (C=O) groups is 4. The Kier molecular flexibility index (Phi) is 8.89. The van der Waals surface area contributed by atoms with E-state index in [2.05, 4.69) is 21.3 Å². The second-order valence-corrected chi connectivity index (χ2v) is 11.2. The largest absolute Gasteiger partial charge is 0.490 e. The number of hydrogen-bond acceptors (Lipinski definition) is 8. The molecule has 0 bridgehead atoms. The van der Waals surface area contributed by atoms with E-state index in [1.807, 2.05) is 60.7 Å². The Hall–Kier alpha value is -6.04. The lowest BCUT2D eigenvalue weighted by molar-refractivity contribution is -0.137. The molecule has 4 N–H and O–H groups in total. The van der Waals surface area contributed by atoms with Gasteiger partial charge in [0.25, 0.3) is 0 Å². The number of rotatable bonds is 9. The van der Waals surface area contributed by atoms with Gasteiger partial charge < -0.3 is 40.2 Å². The van der Waals surface area contributed by atoms with Gasteiger partial charge in [-0.1, -0.05) is 60.7 Å². The Morgan fingerprint density at radius 3 is 1.40 bits per heavy atom. The van der Waals surface area contributed by atoms with Gasteiger partial charge in [0.15, 0.2) is 0 Å². The van der Waals surface area contributed by atoms with E-state index in [1.54, 1.807) is 26.0 Å². The number of methoxy groups -OCH3 is 2. The number of hydrogen-bond donors (Lipinski definition) is 4. The van der Waals surface area contributed by atoms with Crippen LogP contribution in [0, 0.1) is 0 Å². The Balaban J connectivity index is 1.33. The van der Waals surface area contributed by atoms with Gasteiger partial charge >= 0.3 is 24.0 Å². The van der Waals surface area contributed by atoms with Crippen LogP contribution in [-0.4, -0.2) is 51.4 Å². The van der Waals surface area contributed by atoms with E-state index in [-0.39, 0.29) is 24.4 Å². The van der Waals surface area contributed by atoms with Crippen molar-refractivity contribution in [3.63, 3.8) is 0 Å². The van der Waals surface area contributed by atoms with E-state index in [4.69, 9.17) is 18.9 Å². The minimum atomic E-state index is -0.851. The maximum absolute atomic E-state index is 12.9. The van der Waals surface area contributed by atoms with Gasteiger partial charge in [-0.15, -0.1) is 0 Å². The number of benzene rings is 4. The summed E-state index contributed by atoms with van der Waals surface area (Å²) in [6.07, 6.45) is 0. The molecule has 12 nitrogen and oxygen atoms in total. The lowest BCUT2D eigenvalue weighted by atomic mass is 9.90. The molecule has 0 fully saturated rings. The van der Waals surface area contributed by atoms with Crippen molar-refractivity contribution in [1.29, 1.82) is 0 Å². The first-order valence-corrected chi connectivity index (χ1v) is 15.2. The summed E-state index contributed by atoms with van der Waals surface area (Å²) in [4.78, 5) is 51.1. The van der Waals surface area contributed by atoms with E-state index in [9.17, 15) is 19.2 Å². The molecule has 2 atom stereocenters. The van der Waals surface area contributed by atoms with Crippen LogP contribution in [0.15, 0.2) is 95.3 Å². The number of urea groups is 2. The van der Waals surface area contributed by atoms with Crippen molar-refractivity contribution in [2.24, 2.45) is 0 Å². The molecule has 4 aromatic rings. The van der Waals surface area contributed by atoms with Crippen LogP contribution < -0.4 is 30.7 Å². The number of carbonyl (C=O) groups excluding carboxylic acids is 4. The molecule has 0 aliphatic carbocycles. The number of amides is 4. The maximum atomic E-state index is 12.9. The van der Waals surface area contributed by atoms with Gasteiger partial charge in [0.2, 0.25) is 0 Å². The summed E-state index contributed by atoms with van der Waals surface area (Å²) in [6.45, 7) is 3.44. The molecule has 2 aliphatic rings. The smallest absolute Gasteiger partial charge is 0.337 e. The number of fused-ring (bicyclic) bond motifs is 2. The molecular formula is C36H34N4O8. The average Bonchev–Trinajstić information content (AvgIpc) is 3.08. The van der Waals surface area contributed by atoms with E-state index in [0.29, 0.717) is 34.0 Å². The van der Waals surface area contributed by atoms with E-state index >= 15 is 0 Å².